The van der Waals surface area contributed by atoms with E-state index in [-0.39, 0.29) is 0 Å². The maximum absolute atomic E-state index is 6.65. The molecule has 184 valence electrons. The number of hydrogen-bond acceptors (Lipinski definition) is 8. The molecule has 0 radical (unpaired) electrons. The van der Waals surface area contributed by atoms with Crippen LogP contribution in [0, 0.1) is 0 Å². The number of nitrogen functional groups attached to an aromatic ring is 1. The van der Waals surface area contributed by atoms with Crippen LogP contribution in [0.2, 0.25) is 0 Å². The fourth-order valence-corrected chi connectivity index (χ4v) is 4.81. The molecule has 9 nitrogen and oxygen atoms in total. The van der Waals surface area contributed by atoms with Crippen molar-refractivity contribution in [2.75, 3.05) is 52.1 Å². The Morgan fingerprint density at radius 3 is 2.54 bits per heavy atom. The molecule has 0 saturated carbocycles. The average molecular weight is 495 g/mol. The fraction of sp³-hybridized carbons (Fsp3) is 0.280. The zero-order valence-electron chi connectivity index (χ0n) is 20.4. The van der Waals surface area contributed by atoms with Crippen LogP contribution >= 0.6 is 9.24 Å². The minimum absolute atomic E-state index is 0.525. The molecular formula is C25H31N6O3P. The van der Waals surface area contributed by atoms with Crippen LogP contribution < -0.4 is 35.6 Å². The van der Waals surface area contributed by atoms with Crippen LogP contribution in [0.4, 0.5) is 11.5 Å². The van der Waals surface area contributed by atoms with E-state index in [4.69, 9.17) is 19.9 Å². The standard InChI is InChI=1S/C25H31N6O3P/c1-27-11-12-30(19-7-5-6-8-21(19)33-3)15-18-23-17(14-28-29-18)24(26)31(25(23)35)20-10-9-16(32-2)13-22(20)34-4/h5-10,13-14,27H,11-12,15,26,35H2,1-4H3. The van der Waals surface area contributed by atoms with Gasteiger partial charge in [-0.15, -0.1) is 0 Å². The van der Waals surface area contributed by atoms with Crippen molar-refractivity contribution >= 4 is 37.0 Å². The molecule has 0 aliphatic heterocycles. The first kappa shape index (κ1) is 24.6. The Morgan fingerprint density at radius 1 is 1.06 bits per heavy atom. The van der Waals surface area contributed by atoms with Gasteiger partial charge in [-0.05, 0) is 31.3 Å². The fourth-order valence-electron chi connectivity index (χ4n) is 4.21. The summed E-state index contributed by atoms with van der Waals surface area (Å²) in [7, 11) is 9.68. The first-order valence-corrected chi connectivity index (χ1v) is 11.8. The van der Waals surface area contributed by atoms with E-state index in [1.54, 1.807) is 27.5 Å². The summed E-state index contributed by atoms with van der Waals surface area (Å²) in [5.74, 6) is 2.71. The number of rotatable bonds is 10. The van der Waals surface area contributed by atoms with Gasteiger partial charge in [0.1, 0.15) is 23.1 Å². The summed E-state index contributed by atoms with van der Waals surface area (Å²) < 4.78 is 18.6. The summed E-state index contributed by atoms with van der Waals surface area (Å²) in [6.45, 7) is 2.07. The lowest BCUT2D eigenvalue weighted by Crippen LogP contribution is -2.31. The van der Waals surface area contributed by atoms with Crippen LogP contribution in [0.25, 0.3) is 16.5 Å². The molecule has 0 spiro atoms. The summed E-state index contributed by atoms with van der Waals surface area (Å²) in [5.41, 5.74) is 10.1. The minimum Gasteiger partial charge on any atom is -0.497 e. The number of para-hydroxylation sites is 2. The minimum atomic E-state index is 0.525. The zero-order chi connectivity index (χ0) is 24.9. The molecule has 0 aliphatic carbocycles. The number of methoxy groups -OCH3 is 3. The number of nitrogens with two attached hydrogens (primary N) is 1. The van der Waals surface area contributed by atoms with Gasteiger partial charge in [0.15, 0.2) is 0 Å². The van der Waals surface area contributed by atoms with Gasteiger partial charge in [0.25, 0.3) is 0 Å². The smallest absolute Gasteiger partial charge is 0.146 e. The lowest BCUT2D eigenvalue weighted by atomic mass is 10.2. The third-order valence-corrected chi connectivity index (χ3v) is 6.51. The molecule has 0 fully saturated rings. The Hall–Kier alpha value is -3.55. The highest BCUT2D eigenvalue weighted by atomic mass is 31.0. The maximum Gasteiger partial charge on any atom is 0.146 e. The molecular weight excluding hydrogens is 463 g/mol. The first-order valence-electron chi connectivity index (χ1n) is 11.2. The van der Waals surface area contributed by atoms with E-state index in [1.807, 2.05) is 54.1 Å². The highest BCUT2D eigenvalue weighted by Crippen LogP contribution is 2.35. The largest absolute Gasteiger partial charge is 0.497 e. The molecule has 0 amide bonds. The molecule has 3 N–H and O–H groups in total. The number of nitrogens with one attached hydrogen (secondary N) is 1. The number of anilines is 2. The summed E-state index contributed by atoms with van der Waals surface area (Å²) in [4.78, 5) is 2.23. The average Bonchev–Trinajstić information content (AvgIpc) is 3.16. The Kier molecular flexibility index (Phi) is 7.58. The topological polar surface area (TPSA) is 99.7 Å². The number of benzene rings is 2. The number of likely N-dealkylation sites (N-methyl/N-ethyl adjacent to an activating group) is 1. The predicted octanol–water partition coefficient (Wildman–Crippen LogP) is 2.75. The highest BCUT2D eigenvalue weighted by Gasteiger charge is 2.22. The molecule has 10 heteroatoms. The van der Waals surface area contributed by atoms with Gasteiger partial charge in [-0.25, -0.2) is 0 Å². The van der Waals surface area contributed by atoms with Crippen molar-refractivity contribution in [2.45, 2.75) is 6.54 Å². The van der Waals surface area contributed by atoms with E-state index in [0.717, 1.165) is 52.1 Å². The normalized spacial score (nSPS) is 11.0. The Labute approximate surface area is 207 Å². The summed E-state index contributed by atoms with van der Waals surface area (Å²) in [6, 6.07) is 13.6. The van der Waals surface area contributed by atoms with E-state index in [2.05, 4.69) is 29.7 Å². The third-order valence-electron chi connectivity index (χ3n) is 5.96. The molecule has 0 saturated heterocycles. The number of nitrogens with zero attached hydrogens (tertiary/aromatic N) is 4. The summed E-state index contributed by atoms with van der Waals surface area (Å²) in [6.07, 6.45) is 1.70. The second-order valence-electron chi connectivity index (χ2n) is 7.92. The molecule has 0 aliphatic rings. The van der Waals surface area contributed by atoms with E-state index in [1.165, 1.54) is 0 Å². The second-order valence-corrected chi connectivity index (χ2v) is 8.47. The summed E-state index contributed by atoms with van der Waals surface area (Å²) >= 11 is 0. The van der Waals surface area contributed by atoms with Gasteiger partial charge in [0.05, 0.1) is 56.6 Å². The van der Waals surface area contributed by atoms with Crippen LogP contribution in [0.15, 0.2) is 48.7 Å². The van der Waals surface area contributed by atoms with E-state index < -0.39 is 0 Å². The van der Waals surface area contributed by atoms with Crippen molar-refractivity contribution in [1.82, 2.24) is 20.1 Å². The number of ether oxygens (including phenoxy) is 3. The van der Waals surface area contributed by atoms with Gasteiger partial charge in [-0.1, -0.05) is 21.4 Å². The van der Waals surface area contributed by atoms with Crippen LogP contribution in [0.3, 0.4) is 0 Å². The lowest BCUT2D eigenvalue weighted by Gasteiger charge is -2.26. The van der Waals surface area contributed by atoms with Crippen molar-refractivity contribution < 1.29 is 14.2 Å². The monoisotopic (exact) mass is 494 g/mol. The van der Waals surface area contributed by atoms with E-state index in [0.29, 0.717) is 23.9 Å². The molecule has 2 aromatic heterocycles. The van der Waals surface area contributed by atoms with E-state index in [9.17, 15) is 0 Å². The van der Waals surface area contributed by atoms with E-state index >= 15 is 0 Å². The van der Waals surface area contributed by atoms with Gasteiger partial charge in [0, 0.05) is 29.9 Å². The molecule has 2 aromatic carbocycles. The molecule has 2 heterocycles. The lowest BCUT2D eigenvalue weighted by molar-refractivity contribution is 0.393. The van der Waals surface area contributed by atoms with Crippen LogP contribution in [-0.4, -0.2) is 56.2 Å². The SMILES string of the molecule is CNCCN(Cc1nncc2c(N)n(-c3ccc(OC)cc3OC)c(P)c12)c1ccccc1OC. The predicted molar refractivity (Wildman–Crippen MR) is 144 cm³/mol. The number of aromatic nitrogens is 3. The molecule has 0 bridgehead atoms. The number of fused-ring (bicyclic) bond motifs is 1. The first-order chi connectivity index (χ1) is 17.0. The maximum atomic E-state index is 6.65. The quantitative estimate of drug-likeness (QED) is 0.325. The van der Waals surface area contributed by atoms with Crippen molar-refractivity contribution in [2.24, 2.45) is 0 Å². The van der Waals surface area contributed by atoms with Crippen molar-refractivity contribution in [1.29, 1.82) is 0 Å². The van der Waals surface area contributed by atoms with Gasteiger partial charge in [0.2, 0.25) is 0 Å². The zero-order valence-corrected chi connectivity index (χ0v) is 21.6. The molecule has 4 rings (SSSR count). The van der Waals surface area contributed by atoms with Crippen LogP contribution in [-0.2, 0) is 6.54 Å². The van der Waals surface area contributed by atoms with Gasteiger partial charge in [-0.2, -0.15) is 10.2 Å². The van der Waals surface area contributed by atoms with Gasteiger partial charge in [-0.3, -0.25) is 4.57 Å². The third kappa shape index (κ3) is 4.70. The van der Waals surface area contributed by atoms with Crippen molar-refractivity contribution in [3.05, 3.63) is 54.4 Å². The summed E-state index contributed by atoms with van der Waals surface area (Å²) in [5, 5.41) is 13.8. The van der Waals surface area contributed by atoms with Crippen molar-refractivity contribution in [3.63, 3.8) is 0 Å². The molecule has 1 unspecified atom stereocenters. The molecule has 1 atom stereocenters. The number of hydrogen-bond donors (Lipinski definition) is 2. The van der Waals surface area contributed by atoms with Crippen LogP contribution in [0.1, 0.15) is 5.69 Å². The second kappa shape index (κ2) is 10.8. The Morgan fingerprint density at radius 2 is 1.83 bits per heavy atom. The molecule has 4 aromatic rings. The van der Waals surface area contributed by atoms with Crippen LogP contribution in [0.5, 0.6) is 17.2 Å². The Bertz CT molecular complexity index is 1330. The highest BCUT2D eigenvalue weighted by molar-refractivity contribution is 7.28. The molecule has 35 heavy (non-hydrogen) atoms. The van der Waals surface area contributed by atoms with Gasteiger partial charge < -0.3 is 30.2 Å². The van der Waals surface area contributed by atoms with Crippen molar-refractivity contribution in [3.8, 4) is 22.9 Å². The Balaban J connectivity index is 1.84. The van der Waals surface area contributed by atoms with Gasteiger partial charge >= 0.3 is 0 Å².